The molecule has 1 atom stereocenters. The second kappa shape index (κ2) is 14.2. The lowest BCUT2D eigenvalue weighted by molar-refractivity contribution is -0.140. The number of nitrogens with zero attached hydrogens (tertiary/aromatic N) is 3. The van der Waals surface area contributed by atoms with Crippen molar-refractivity contribution < 1.29 is 22.4 Å². The molecule has 8 nitrogen and oxygen atoms in total. The number of hydrogen-bond donors (Lipinski definition) is 1. The Labute approximate surface area is 243 Å². The van der Waals surface area contributed by atoms with Crippen LogP contribution in [0.3, 0.4) is 0 Å². The van der Waals surface area contributed by atoms with Gasteiger partial charge in [0, 0.05) is 33.6 Å². The Morgan fingerprint density at radius 2 is 1.54 bits per heavy atom. The number of benzene rings is 3. The van der Waals surface area contributed by atoms with Gasteiger partial charge in [-0.3, -0.25) is 9.59 Å². The van der Waals surface area contributed by atoms with Crippen molar-refractivity contribution in [3.8, 4) is 0 Å². The van der Waals surface area contributed by atoms with Crippen LogP contribution in [0, 0.1) is 18.7 Å². The maximum Gasteiger partial charge on any atom is 0.304 e. The van der Waals surface area contributed by atoms with Crippen molar-refractivity contribution in [2.75, 3.05) is 31.5 Å². The van der Waals surface area contributed by atoms with Crippen molar-refractivity contribution in [3.05, 3.63) is 101 Å². The number of hydrogen-bond acceptors (Lipinski definition) is 4. The third-order valence-electron chi connectivity index (χ3n) is 6.53. The lowest BCUT2D eigenvalue weighted by atomic mass is 10.0. The van der Waals surface area contributed by atoms with E-state index in [2.05, 4.69) is 5.32 Å². The van der Waals surface area contributed by atoms with E-state index >= 15 is 0 Å². The topological polar surface area (TPSA) is 90.0 Å². The van der Waals surface area contributed by atoms with E-state index in [1.165, 1.54) is 37.2 Å². The number of para-hydroxylation sites is 1. The molecule has 3 aromatic carbocycles. The fourth-order valence-electron chi connectivity index (χ4n) is 4.34. The summed E-state index contributed by atoms with van der Waals surface area (Å²) in [6.07, 6.45) is 0.211. The first-order valence-electron chi connectivity index (χ1n) is 13.5. The monoisotopic (exact) mass is 582 g/mol. The van der Waals surface area contributed by atoms with Crippen LogP contribution < -0.4 is 9.62 Å². The van der Waals surface area contributed by atoms with Crippen LogP contribution in [0.25, 0.3) is 0 Å². The fourth-order valence-corrected chi connectivity index (χ4v) is 5.40. The Kier molecular flexibility index (Phi) is 11.0. The van der Waals surface area contributed by atoms with Gasteiger partial charge in [-0.15, -0.1) is 0 Å². The van der Waals surface area contributed by atoms with E-state index in [4.69, 9.17) is 0 Å². The summed E-state index contributed by atoms with van der Waals surface area (Å²) in [6, 6.07) is 21.3. The zero-order valence-corrected chi connectivity index (χ0v) is 25.1. The molecule has 0 saturated carbocycles. The number of aryl methyl sites for hydroxylation is 1. The van der Waals surface area contributed by atoms with E-state index in [1.807, 2.05) is 75.4 Å². The number of carbonyl (C=O) groups is 2. The fraction of sp³-hybridized carbons (Fsp3) is 0.355. The summed E-state index contributed by atoms with van der Waals surface area (Å²) < 4.78 is 43.3. The molecule has 0 aromatic heterocycles. The van der Waals surface area contributed by atoms with Crippen LogP contribution in [0.2, 0.25) is 0 Å². The number of halogens is 1. The van der Waals surface area contributed by atoms with Crippen LogP contribution in [0.15, 0.2) is 78.9 Å². The molecule has 1 N–H and O–H groups in total. The molecule has 3 rings (SSSR count). The van der Waals surface area contributed by atoms with Gasteiger partial charge in [-0.1, -0.05) is 86.1 Å². The van der Waals surface area contributed by atoms with Gasteiger partial charge in [0.1, 0.15) is 18.4 Å². The molecular formula is C31H39FN4O4S. The summed E-state index contributed by atoms with van der Waals surface area (Å²) in [5.74, 6) is -1.59. The molecule has 0 radical (unpaired) electrons. The number of anilines is 1. The highest BCUT2D eigenvalue weighted by atomic mass is 32.2. The Morgan fingerprint density at radius 3 is 2.15 bits per heavy atom. The molecule has 10 heteroatoms. The smallest absolute Gasteiger partial charge is 0.304 e. The molecule has 0 aliphatic carbocycles. The Balaban J connectivity index is 2.10. The lowest BCUT2D eigenvalue weighted by Crippen LogP contribution is -2.54. The lowest BCUT2D eigenvalue weighted by Gasteiger charge is -2.34. The maximum atomic E-state index is 14.9. The predicted octanol–water partition coefficient (Wildman–Crippen LogP) is 4.16. The van der Waals surface area contributed by atoms with Gasteiger partial charge in [-0.25, -0.2) is 8.70 Å². The van der Waals surface area contributed by atoms with Crippen LogP contribution in [-0.4, -0.2) is 62.7 Å². The number of nitrogens with one attached hydrogen (secondary N) is 1. The molecule has 0 unspecified atom stereocenters. The van der Waals surface area contributed by atoms with Gasteiger partial charge in [-0.05, 0) is 36.1 Å². The third-order valence-corrected chi connectivity index (χ3v) is 8.34. The zero-order valence-electron chi connectivity index (χ0n) is 24.2. The molecular weight excluding hydrogens is 543 g/mol. The highest BCUT2D eigenvalue weighted by Crippen LogP contribution is 2.24. The molecule has 41 heavy (non-hydrogen) atoms. The molecule has 2 amide bonds. The quantitative estimate of drug-likeness (QED) is 0.328. The molecule has 0 bridgehead atoms. The molecule has 0 fully saturated rings. The van der Waals surface area contributed by atoms with E-state index < -0.39 is 34.5 Å². The van der Waals surface area contributed by atoms with Gasteiger partial charge in [0.15, 0.2) is 0 Å². The average Bonchev–Trinajstić information content (AvgIpc) is 2.93. The first kappa shape index (κ1) is 31.8. The van der Waals surface area contributed by atoms with Crippen molar-refractivity contribution in [2.45, 2.75) is 39.8 Å². The van der Waals surface area contributed by atoms with Crippen LogP contribution in [0.1, 0.15) is 30.5 Å². The van der Waals surface area contributed by atoms with Crippen molar-refractivity contribution in [3.63, 3.8) is 0 Å². The summed E-state index contributed by atoms with van der Waals surface area (Å²) in [5, 5.41) is 2.94. The van der Waals surface area contributed by atoms with Crippen molar-refractivity contribution in [1.29, 1.82) is 0 Å². The number of carbonyl (C=O) groups excluding carboxylic acids is 2. The van der Waals surface area contributed by atoms with Crippen molar-refractivity contribution in [2.24, 2.45) is 5.92 Å². The molecule has 0 heterocycles. The van der Waals surface area contributed by atoms with E-state index in [0.717, 1.165) is 31.4 Å². The normalized spacial score (nSPS) is 12.3. The second-order valence-corrected chi connectivity index (χ2v) is 12.7. The van der Waals surface area contributed by atoms with Crippen LogP contribution in [0.5, 0.6) is 0 Å². The summed E-state index contributed by atoms with van der Waals surface area (Å²) in [6.45, 7) is 5.64. The maximum absolute atomic E-state index is 14.9. The largest absolute Gasteiger partial charge is 0.354 e. The summed E-state index contributed by atoms with van der Waals surface area (Å²) in [4.78, 5) is 29.2. The van der Waals surface area contributed by atoms with Gasteiger partial charge >= 0.3 is 10.2 Å². The summed E-state index contributed by atoms with van der Waals surface area (Å²) in [7, 11) is -1.64. The van der Waals surface area contributed by atoms with Gasteiger partial charge in [0.25, 0.3) is 0 Å². The number of amides is 2. The standard InChI is InChI=1S/C31H39FN4O4S/c1-23(2)20-33-31(38)29(19-25-13-7-6-8-14-25)35(21-26-15-11-12-24(3)18-26)30(37)22-36(41(39,40)34(4)5)28-17-10-9-16-27(28)32/h6-18,23,29H,19-22H2,1-5H3,(H,33,38)/t29-/m0/s1. The van der Waals surface area contributed by atoms with Gasteiger partial charge < -0.3 is 10.2 Å². The minimum atomic E-state index is -4.27. The Morgan fingerprint density at radius 1 is 0.902 bits per heavy atom. The summed E-state index contributed by atoms with van der Waals surface area (Å²) in [5.41, 5.74) is 2.34. The van der Waals surface area contributed by atoms with E-state index in [-0.39, 0.29) is 30.5 Å². The van der Waals surface area contributed by atoms with Gasteiger partial charge in [0.05, 0.1) is 5.69 Å². The Hall–Kier alpha value is -3.76. The highest BCUT2D eigenvalue weighted by Gasteiger charge is 2.35. The molecule has 220 valence electrons. The molecule has 3 aromatic rings. The van der Waals surface area contributed by atoms with Gasteiger partial charge in [0.2, 0.25) is 11.8 Å². The first-order valence-corrected chi connectivity index (χ1v) is 14.9. The zero-order chi connectivity index (χ0) is 30.2. The Bertz CT molecular complexity index is 1430. The minimum Gasteiger partial charge on any atom is -0.354 e. The van der Waals surface area contributed by atoms with Crippen molar-refractivity contribution >= 4 is 27.7 Å². The van der Waals surface area contributed by atoms with E-state index in [9.17, 15) is 22.4 Å². The minimum absolute atomic E-state index is 0.0558. The predicted molar refractivity (Wildman–Crippen MR) is 160 cm³/mol. The van der Waals surface area contributed by atoms with Gasteiger partial charge in [-0.2, -0.15) is 12.7 Å². The highest BCUT2D eigenvalue weighted by molar-refractivity contribution is 7.90. The molecule has 0 aliphatic heterocycles. The average molecular weight is 583 g/mol. The molecule has 0 aliphatic rings. The van der Waals surface area contributed by atoms with Crippen LogP contribution in [0.4, 0.5) is 10.1 Å². The molecule has 0 spiro atoms. The van der Waals surface area contributed by atoms with Crippen molar-refractivity contribution in [1.82, 2.24) is 14.5 Å². The summed E-state index contributed by atoms with van der Waals surface area (Å²) >= 11 is 0. The third kappa shape index (κ3) is 8.61. The van der Waals surface area contributed by atoms with Crippen LogP contribution in [-0.2, 0) is 32.8 Å². The first-order chi connectivity index (χ1) is 19.4. The molecule has 0 saturated heterocycles. The van der Waals surface area contributed by atoms with Crippen LogP contribution >= 0.6 is 0 Å². The second-order valence-electron chi connectivity index (χ2n) is 10.6. The number of rotatable bonds is 13. The van der Waals surface area contributed by atoms with E-state index in [0.29, 0.717) is 6.54 Å². The van der Waals surface area contributed by atoms with E-state index in [1.54, 1.807) is 0 Å². The SMILES string of the molecule is Cc1cccc(CN(C(=O)CN(c2ccccc2F)S(=O)(=O)N(C)C)[C@@H](Cc2ccccc2)C(=O)NCC(C)C)c1.